The molecule has 0 unspecified atom stereocenters. The number of carbonyl (C=O) groups excluding carboxylic acids is 2. The highest BCUT2D eigenvalue weighted by Crippen LogP contribution is 2.14. The molecule has 0 radical (unpaired) electrons. The Morgan fingerprint density at radius 3 is 2.50 bits per heavy atom. The van der Waals surface area contributed by atoms with E-state index >= 15 is 0 Å². The highest BCUT2D eigenvalue weighted by Gasteiger charge is 2.09. The molecule has 0 aliphatic carbocycles. The van der Waals surface area contributed by atoms with Crippen molar-refractivity contribution >= 4 is 27.9 Å². The van der Waals surface area contributed by atoms with Gasteiger partial charge in [0.2, 0.25) is 0 Å². The summed E-state index contributed by atoms with van der Waals surface area (Å²) in [6.45, 7) is 4.52. The van der Waals surface area contributed by atoms with Crippen LogP contribution >= 0.6 is 15.9 Å². The number of hydrazine groups is 1. The van der Waals surface area contributed by atoms with Crippen molar-refractivity contribution in [2.45, 2.75) is 13.8 Å². The summed E-state index contributed by atoms with van der Waals surface area (Å²) in [6, 6.07) is 6.55. The number of carbonyl (C=O) groups is 2. The van der Waals surface area contributed by atoms with Gasteiger partial charge >= 0.3 is 6.03 Å². The molecular weight excluding hydrogens is 298 g/mol. The lowest BCUT2D eigenvalue weighted by Gasteiger charge is -2.10. The Hall–Kier alpha value is -1.56. The van der Waals surface area contributed by atoms with E-state index in [1.54, 1.807) is 18.2 Å². The number of benzene rings is 1. The fourth-order valence-electron chi connectivity index (χ4n) is 1.17. The summed E-state index contributed by atoms with van der Waals surface area (Å²) >= 11 is 3.26. The van der Waals surface area contributed by atoms with Gasteiger partial charge in [-0.3, -0.25) is 10.2 Å². The minimum atomic E-state index is -0.427. The van der Waals surface area contributed by atoms with E-state index < -0.39 is 6.03 Å². The molecule has 0 saturated carbocycles. The van der Waals surface area contributed by atoms with E-state index in [1.165, 1.54) is 0 Å². The monoisotopic (exact) mass is 313 g/mol. The molecular formula is C12H16BrN3O2. The largest absolute Gasteiger partial charge is 0.336 e. The molecule has 1 aromatic rings. The van der Waals surface area contributed by atoms with Gasteiger partial charge in [0.05, 0.1) is 5.56 Å². The Bertz CT molecular complexity index is 435. The Kier molecular flexibility index (Phi) is 5.64. The quantitative estimate of drug-likeness (QED) is 0.747. The second-order valence-corrected chi connectivity index (χ2v) is 5.02. The molecule has 0 aliphatic rings. The van der Waals surface area contributed by atoms with Crippen LogP contribution in [0.1, 0.15) is 24.2 Å². The van der Waals surface area contributed by atoms with Crippen molar-refractivity contribution in [3.63, 3.8) is 0 Å². The average Bonchev–Trinajstić information content (AvgIpc) is 2.34. The number of rotatable bonds is 3. The van der Waals surface area contributed by atoms with Crippen LogP contribution in [-0.4, -0.2) is 18.5 Å². The lowest BCUT2D eigenvalue weighted by molar-refractivity contribution is 0.0935. The average molecular weight is 314 g/mol. The second-order valence-electron chi connectivity index (χ2n) is 4.16. The first-order valence-corrected chi connectivity index (χ1v) is 6.38. The van der Waals surface area contributed by atoms with Crippen molar-refractivity contribution in [3.05, 3.63) is 34.3 Å². The van der Waals surface area contributed by atoms with Gasteiger partial charge < -0.3 is 5.32 Å². The third-order valence-corrected chi connectivity index (χ3v) is 2.77. The zero-order chi connectivity index (χ0) is 13.5. The van der Waals surface area contributed by atoms with Crippen LogP contribution in [0, 0.1) is 5.92 Å². The molecule has 0 aromatic heterocycles. The van der Waals surface area contributed by atoms with E-state index in [4.69, 9.17) is 0 Å². The molecule has 0 atom stereocenters. The van der Waals surface area contributed by atoms with E-state index in [2.05, 4.69) is 32.1 Å². The molecule has 6 heteroatoms. The molecule has 5 nitrogen and oxygen atoms in total. The highest BCUT2D eigenvalue weighted by atomic mass is 79.9. The van der Waals surface area contributed by atoms with Gasteiger partial charge in [-0.25, -0.2) is 10.2 Å². The maximum absolute atomic E-state index is 11.7. The Labute approximate surface area is 114 Å². The fraction of sp³-hybridized carbons (Fsp3) is 0.333. The van der Waals surface area contributed by atoms with Gasteiger partial charge in [-0.05, 0) is 34.0 Å². The minimum absolute atomic E-state index is 0.356. The molecule has 0 aliphatic heterocycles. The predicted molar refractivity (Wildman–Crippen MR) is 73.0 cm³/mol. The number of halogens is 1. The van der Waals surface area contributed by atoms with Crippen molar-refractivity contribution in [2.75, 3.05) is 6.54 Å². The van der Waals surface area contributed by atoms with Crippen LogP contribution in [-0.2, 0) is 0 Å². The van der Waals surface area contributed by atoms with Crippen molar-refractivity contribution in [1.29, 1.82) is 0 Å². The van der Waals surface area contributed by atoms with Gasteiger partial charge in [0.25, 0.3) is 5.91 Å². The molecule has 98 valence electrons. The Balaban J connectivity index is 2.42. The minimum Gasteiger partial charge on any atom is -0.336 e. The van der Waals surface area contributed by atoms with Gasteiger partial charge in [0, 0.05) is 11.0 Å². The van der Waals surface area contributed by atoms with E-state index in [1.807, 2.05) is 19.9 Å². The van der Waals surface area contributed by atoms with Gasteiger partial charge in [-0.2, -0.15) is 0 Å². The van der Waals surface area contributed by atoms with Crippen molar-refractivity contribution in [3.8, 4) is 0 Å². The number of urea groups is 1. The number of hydrogen-bond acceptors (Lipinski definition) is 2. The summed E-state index contributed by atoms with van der Waals surface area (Å²) < 4.78 is 0.673. The maximum Gasteiger partial charge on any atom is 0.333 e. The summed E-state index contributed by atoms with van der Waals surface area (Å²) in [5.41, 5.74) is 5.09. The number of hydrogen-bond donors (Lipinski definition) is 3. The lowest BCUT2D eigenvalue weighted by Crippen LogP contribution is -2.47. The fourth-order valence-corrected chi connectivity index (χ4v) is 1.63. The molecule has 3 amide bonds. The SMILES string of the molecule is CC(C)CNC(=O)NNC(=O)c1ccccc1Br. The molecule has 1 rings (SSSR count). The second kappa shape index (κ2) is 7.00. The number of amides is 3. The Morgan fingerprint density at radius 2 is 1.89 bits per heavy atom. The molecule has 0 bridgehead atoms. The summed E-state index contributed by atoms with van der Waals surface area (Å²) in [5.74, 6) is -0.0168. The van der Waals surface area contributed by atoms with Crippen LogP contribution in [0.5, 0.6) is 0 Å². The predicted octanol–water partition coefficient (Wildman–Crippen LogP) is 2.05. The molecule has 1 aromatic carbocycles. The number of nitrogens with one attached hydrogen (secondary N) is 3. The van der Waals surface area contributed by atoms with Crippen LogP contribution in [0.15, 0.2) is 28.7 Å². The molecule has 3 N–H and O–H groups in total. The molecule has 0 fully saturated rings. The van der Waals surface area contributed by atoms with E-state index in [-0.39, 0.29) is 5.91 Å². The summed E-state index contributed by atoms with van der Waals surface area (Å²) in [6.07, 6.45) is 0. The summed E-state index contributed by atoms with van der Waals surface area (Å²) in [7, 11) is 0. The first kappa shape index (κ1) is 14.5. The zero-order valence-corrected chi connectivity index (χ0v) is 11.9. The maximum atomic E-state index is 11.7. The first-order chi connectivity index (χ1) is 8.50. The van der Waals surface area contributed by atoms with Crippen molar-refractivity contribution < 1.29 is 9.59 Å². The van der Waals surface area contributed by atoms with Gasteiger partial charge in [0.15, 0.2) is 0 Å². The van der Waals surface area contributed by atoms with Crippen LogP contribution < -0.4 is 16.2 Å². The van der Waals surface area contributed by atoms with E-state index in [0.717, 1.165) is 0 Å². The zero-order valence-electron chi connectivity index (χ0n) is 10.3. The highest BCUT2D eigenvalue weighted by molar-refractivity contribution is 9.10. The third kappa shape index (κ3) is 4.75. The summed E-state index contributed by atoms with van der Waals surface area (Å²) in [4.78, 5) is 23.0. The Morgan fingerprint density at radius 1 is 1.22 bits per heavy atom. The molecule has 0 saturated heterocycles. The first-order valence-electron chi connectivity index (χ1n) is 5.59. The van der Waals surface area contributed by atoms with Crippen molar-refractivity contribution in [2.24, 2.45) is 5.92 Å². The van der Waals surface area contributed by atoms with Crippen LogP contribution in [0.4, 0.5) is 4.79 Å². The summed E-state index contributed by atoms with van der Waals surface area (Å²) in [5, 5.41) is 2.63. The van der Waals surface area contributed by atoms with E-state index in [9.17, 15) is 9.59 Å². The topological polar surface area (TPSA) is 70.2 Å². The lowest BCUT2D eigenvalue weighted by atomic mass is 10.2. The molecule has 0 spiro atoms. The molecule has 0 heterocycles. The van der Waals surface area contributed by atoms with Gasteiger partial charge in [0.1, 0.15) is 0 Å². The van der Waals surface area contributed by atoms with Crippen LogP contribution in [0.25, 0.3) is 0 Å². The van der Waals surface area contributed by atoms with Gasteiger partial charge in [-0.15, -0.1) is 0 Å². The third-order valence-electron chi connectivity index (χ3n) is 2.08. The molecule has 18 heavy (non-hydrogen) atoms. The normalized spacial score (nSPS) is 10.0. The van der Waals surface area contributed by atoms with Crippen LogP contribution in [0.3, 0.4) is 0 Å². The standard InChI is InChI=1S/C12H16BrN3O2/c1-8(2)7-14-12(18)16-15-11(17)9-5-3-4-6-10(9)13/h3-6,8H,7H2,1-2H3,(H,15,17)(H2,14,16,18). The van der Waals surface area contributed by atoms with Crippen LogP contribution in [0.2, 0.25) is 0 Å². The van der Waals surface area contributed by atoms with E-state index in [0.29, 0.717) is 22.5 Å². The smallest absolute Gasteiger partial charge is 0.333 e. The van der Waals surface area contributed by atoms with Crippen molar-refractivity contribution in [1.82, 2.24) is 16.2 Å². The van der Waals surface area contributed by atoms with Gasteiger partial charge in [-0.1, -0.05) is 26.0 Å².